The van der Waals surface area contributed by atoms with Crippen molar-refractivity contribution in [3.63, 3.8) is 0 Å². The van der Waals surface area contributed by atoms with Crippen LogP contribution in [0.1, 0.15) is 62.4 Å². The van der Waals surface area contributed by atoms with Gasteiger partial charge in [-0.2, -0.15) is 0 Å². The van der Waals surface area contributed by atoms with Gasteiger partial charge in [-0.05, 0) is 38.7 Å². The number of carbonyl (C=O) groups is 1. The maximum absolute atomic E-state index is 13.8. The quantitative estimate of drug-likeness (QED) is 0.625. The van der Waals surface area contributed by atoms with Crippen LogP contribution in [0, 0.1) is 5.92 Å². The Hall–Kier alpha value is -1.76. The molecule has 0 bridgehead atoms. The maximum Gasteiger partial charge on any atom is 0.256 e. The summed E-state index contributed by atoms with van der Waals surface area (Å²) >= 11 is 0. The third-order valence-corrected chi connectivity index (χ3v) is 7.95. The first-order chi connectivity index (χ1) is 15.6. The molecule has 3 atom stereocenters. The lowest BCUT2D eigenvalue weighted by Gasteiger charge is -2.44. The number of amides is 1. The van der Waals surface area contributed by atoms with Crippen molar-refractivity contribution in [2.45, 2.75) is 64.1 Å². The van der Waals surface area contributed by atoms with Gasteiger partial charge in [-0.1, -0.05) is 31.4 Å². The van der Waals surface area contributed by atoms with Crippen molar-refractivity contribution >= 4 is 29.2 Å². The normalized spacial score (nSPS) is 26.2. The van der Waals surface area contributed by atoms with Crippen LogP contribution in [-0.2, 0) is 4.74 Å². The summed E-state index contributed by atoms with van der Waals surface area (Å²) in [6, 6.07) is 7.12. The molecule has 1 aromatic heterocycles. The van der Waals surface area contributed by atoms with Crippen LogP contribution in [0.2, 0.25) is 0 Å². The summed E-state index contributed by atoms with van der Waals surface area (Å²) in [4.78, 5) is 18.3. The molecule has 0 N–H and O–H groups in total. The third-order valence-electron chi connectivity index (χ3n) is 7.95. The predicted molar refractivity (Wildman–Crippen MR) is 134 cm³/mol. The van der Waals surface area contributed by atoms with Crippen LogP contribution in [0.4, 0.5) is 0 Å². The monoisotopic (exact) mass is 475 g/mol. The number of halogens is 1. The Labute approximate surface area is 203 Å². The van der Waals surface area contributed by atoms with Gasteiger partial charge in [0.2, 0.25) is 0 Å². The average molecular weight is 476 g/mol. The number of hydrogen-bond donors (Lipinski definition) is 0. The van der Waals surface area contributed by atoms with E-state index in [4.69, 9.17) is 9.47 Å². The molecule has 5 rings (SSSR count). The Kier molecular flexibility index (Phi) is 7.56. The molecule has 2 aliphatic heterocycles. The molecule has 0 unspecified atom stereocenters. The van der Waals surface area contributed by atoms with E-state index in [1.807, 2.05) is 12.1 Å². The molecule has 1 saturated carbocycles. The second-order valence-corrected chi connectivity index (χ2v) is 10.0. The van der Waals surface area contributed by atoms with Crippen molar-refractivity contribution in [2.24, 2.45) is 5.92 Å². The minimum Gasteiger partial charge on any atom is -0.489 e. The Morgan fingerprint density at radius 2 is 1.85 bits per heavy atom. The summed E-state index contributed by atoms with van der Waals surface area (Å²) in [6.45, 7) is 8.28. The van der Waals surface area contributed by atoms with E-state index in [1.54, 1.807) is 7.11 Å². The molecule has 3 heterocycles. The summed E-state index contributed by atoms with van der Waals surface area (Å²) in [7, 11) is 1.75. The first-order valence-corrected chi connectivity index (χ1v) is 12.4. The smallest absolute Gasteiger partial charge is 0.256 e. The van der Waals surface area contributed by atoms with Crippen molar-refractivity contribution in [2.75, 3.05) is 40.0 Å². The molecule has 2 aromatic rings. The van der Waals surface area contributed by atoms with Crippen LogP contribution in [0.15, 0.2) is 24.4 Å². The highest BCUT2D eigenvalue weighted by atomic mass is 35.5. The number of aromatic nitrogens is 1. The second kappa shape index (κ2) is 10.2. The van der Waals surface area contributed by atoms with Crippen LogP contribution < -0.4 is 4.74 Å². The van der Waals surface area contributed by atoms with Crippen LogP contribution in [0.3, 0.4) is 0 Å². The van der Waals surface area contributed by atoms with Crippen molar-refractivity contribution in [1.82, 2.24) is 14.4 Å². The minimum absolute atomic E-state index is 0. The lowest BCUT2D eigenvalue weighted by atomic mass is 9.83. The molecular formula is C26H38ClN3O3. The second-order valence-electron chi connectivity index (χ2n) is 10.0. The number of nitrogens with zero attached hydrogens (tertiary/aromatic N) is 3. The van der Waals surface area contributed by atoms with E-state index in [9.17, 15) is 4.79 Å². The average Bonchev–Trinajstić information content (AvgIpc) is 3.20. The fourth-order valence-electron chi connectivity index (χ4n) is 6.30. The fourth-order valence-corrected chi connectivity index (χ4v) is 6.30. The zero-order valence-electron chi connectivity index (χ0n) is 20.2. The van der Waals surface area contributed by atoms with Gasteiger partial charge in [0.15, 0.2) is 0 Å². The summed E-state index contributed by atoms with van der Waals surface area (Å²) in [6.07, 6.45) is 8.63. The SMILES string of the molecule is COCCN1[C@H](C)CN(C(=O)c2cn3c4c(cccc24)OC[C@H]3C2CCCCC2)C[C@@H]1C.Cl. The van der Waals surface area contributed by atoms with E-state index in [2.05, 4.69) is 40.5 Å². The van der Waals surface area contributed by atoms with Gasteiger partial charge < -0.3 is 18.9 Å². The standard InChI is InChI=1S/C26H37N3O3.ClH/c1-18-14-27(15-19(2)28(18)12-13-31-3)26(30)22-16-29-23(20-8-5-4-6-9-20)17-32-24-11-7-10-21(22)25(24)29;/h7,10-11,16,18-20,23H,4-6,8-9,12-15,17H2,1-3H3;1H/t18-,19+,23-;/m0./s1. The Bertz CT molecular complexity index is 959. The number of hydrogen-bond acceptors (Lipinski definition) is 4. The van der Waals surface area contributed by atoms with Gasteiger partial charge in [0, 0.05) is 50.4 Å². The van der Waals surface area contributed by atoms with Gasteiger partial charge >= 0.3 is 0 Å². The molecule has 0 spiro atoms. The molecule has 1 amide bonds. The highest BCUT2D eigenvalue weighted by Crippen LogP contribution is 2.42. The summed E-state index contributed by atoms with van der Waals surface area (Å²) in [5, 5.41) is 1.04. The van der Waals surface area contributed by atoms with Gasteiger partial charge in [0.25, 0.3) is 5.91 Å². The molecule has 0 radical (unpaired) electrons. The van der Waals surface area contributed by atoms with Gasteiger partial charge in [0.1, 0.15) is 12.4 Å². The Morgan fingerprint density at radius 3 is 2.55 bits per heavy atom. The van der Waals surface area contributed by atoms with Gasteiger partial charge in [-0.25, -0.2) is 0 Å². The molecule has 1 aromatic carbocycles. The maximum atomic E-state index is 13.8. The number of benzene rings is 1. The first kappa shape index (κ1) is 24.4. The molecule has 7 heteroatoms. The fraction of sp³-hybridized carbons (Fsp3) is 0.654. The zero-order valence-corrected chi connectivity index (χ0v) is 21.0. The Morgan fingerprint density at radius 1 is 1.12 bits per heavy atom. The molecule has 6 nitrogen and oxygen atoms in total. The molecule has 33 heavy (non-hydrogen) atoms. The van der Waals surface area contributed by atoms with Crippen molar-refractivity contribution in [3.8, 4) is 5.75 Å². The predicted octanol–water partition coefficient (Wildman–Crippen LogP) is 4.76. The van der Waals surface area contributed by atoms with Crippen LogP contribution in [-0.4, -0.2) is 72.3 Å². The summed E-state index contributed by atoms with van der Waals surface area (Å²) < 4.78 is 13.9. The van der Waals surface area contributed by atoms with E-state index in [0.29, 0.717) is 30.7 Å². The molecule has 3 aliphatic rings. The molecular weight excluding hydrogens is 438 g/mol. The molecule has 182 valence electrons. The number of para-hydroxylation sites is 1. The van der Waals surface area contributed by atoms with E-state index < -0.39 is 0 Å². The van der Waals surface area contributed by atoms with Crippen molar-refractivity contribution < 1.29 is 14.3 Å². The van der Waals surface area contributed by atoms with E-state index in [1.165, 1.54) is 32.1 Å². The highest BCUT2D eigenvalue weighted by Gasteiger charge is 2.36. The number of carbonyl (C=O) groups excluding carboxylic acids is 1. The number of ether oxygens (including phenoxy) is 2. The highest BCUT2D eigenvalue weighted by molar-refractivity contribution is 6.08. The lowest BCUT2D eigenvalue weighted by molar-refractivity contribution is 0.0194. The first-order valence-electron chi connectivity index (χ1n) is 12.4. The topological polar surface area (TPSA) is 46.9 Å². The van der Waals surface area contributed by atoms with E-state index in [0.717, 1.165) is 48.5 Å². The van der Waals surface area contributed by atoms with Gasteiger partial charge in [-0.3, -0.25) is 9.69 Å². The minimum atomic E-state index is 0. The van der Waals surface area contributed by atoms with Crippen molar-refractivity contribution in [1.29, 1.82) is 0 Å². The molecule has 1 saturated heterocycles. The van der Waals surface area contributed by atoms with Crippen LogP contribution >= 0.6 is 12.4 Å². The number of methoxy groups -OCH3 is 1. The van der Waals surface area contributed by atoms with Crippen LogP contribution in [0.25, 0.3) is 10.9 Å². The van der Waals surface area contributed by atoms with E-state index in [-0.39, 0.29) is 18.3 Å². The largest absolute Gasteiger partial charge is 0.489 e. The van der Waals surface area contributed by atoms with Gasteiger partial charge in [0.05, 0.1) is 23.7 Å². The number of piperazine rings is 1. The summed E-state index contributed by atoms with van der Waals surface area (Å²) in [5.74, 6) is 1.71. The van der Waals surface area contributed by atoms with Crippen LogP contribution in [0.5, 0.6) is 5.75 Å². The molecule has 2 fully saturated rings. The summed E-state index contributed by atoms with van der Waals surface area (Å²) in [5.41, 5.74) is 1.94. The third kappa shape index (κ3) is 4.50. The van der Waals surface area contributed by atoms with Gasteiger partial charge in [-0.15, -0.1) is 12.4 Å². The Balaban J connectivity index is 0.00000259. The molecule has 1 aliphatic carbocycles. The number of rotatable bonds is 5. The lowest BCUT2D eigenvalue weighted by Crippen LogP contribution is -2.58. The van der Waals surface area contributed by atoms with Crippen molar-refractivity contribution in [3.05, 3.63) is 30.0 Å². The van der Waals surface area contributed by atoms with E-state index >= 15 is 0 Å². The zero-order chi connectivity index (χ0) is 22.2.